The number of rotatable bonds is 4. The first-order valence-corrected chi connectivity index (χ1v) is 5.63. The monoisotopic (exact) mass is 271 g/mol. The lowest BCUT2D eigenvalue weighted by Crippen LogP contribution is -2.22. The Kier molecular flexibility index (Phi) is 4.27. The Morgan fingerprint density at radius 2 is 2.20 bits per heavy atom. The smallest absolute Gasteiger partial charge is 0.307 e. The fraction of sp³-hybridized carbons (Fsp3) is 0.455. The molecule has 0 aliphatic heterocycles. The summed E-state index contributed by atoms with van der Waals surface area (Å²) in [6, 6.07) is 3.73. The van der Waals surface area contributed by atoms with Crippen molar-refractivity contribution in [2.45, 2.75) is 20.3 Å². The highest BCUT2D eigenvalue weighted by atomic mass is 79.9. The Morgan fingerprint density at radius 3 is 2.60 bits per heavy atom. The van der Waals surface area contributed by atoms with Crippen LogP contribution in [-0.4, -0.2) is 16.1 Å². The van der Waals surface area contributed by atoms with Gasteiger partial charge in [-0.3, -0.25) is 9.78 Å². The van der Waals surface area contributed by atoms with Gasteiger partial charge in [-0.1, -0.05) is 13.8 Å². The molecule has 0 amide bonds. The third-order valence-electron chi connectivity index (χ3n) is 2.34. The van der Waals surface area contributed by atoms with Crippen LogP contribution in [0.3, 0.4) is 0 Å². The van der Waals surface area contributed by atoms with Gasteiger partial charge in [0.25, 0.3) is 0 Å². The highest BCUT2D eigenvalue weighted by Gasteiger charge is 2.22. The van der Waals surface area contributed by atoms with Crippen LogP contribution >= 0.6 is 15.9 Å². The molecule has 0 aliphatic carbocycles. The minimum atomic E-state index is -0.755. The number of pyridine rings is 1. The van der Waals surface area contributed by atoms with Crippen LogP contribution in [-0.2, 0) is 11.2 Å². The number of carbonyl (C=O) groups is 1. The van der Waals surface area contributed by atoms with Crippen LogP contribution in [0.4, 0.5) is 0 Å². The molecule has 1 rings (SSSR count). The van der Waals surface area contributed by atoms with Gasteiger partial charge in [0, 0.05) is 22.8 Å². The van der Waals surface area contributed by atoms with Crippen molar-refractivity contribution in [1.82, 2.24) is 4.98 Å². The van der Waals surface area contributed by atoms with Crippen LogP contribution in [0.25, 0.3) is 0 Å². The van der Waals surface area contributed by atoms with E-state index in [0.29, 0.717) is 6.42 Å². The van der Waals surface area contributed by atoms with E-state index in [-0.39, 0.29) is 11.8 Å². The molecule has 0 saturated heterocycles. The van der Waals surface area contributed by atoms with E-state index in [1.54, 1.807) is 6.20 Å². The molecular formula is C11H14BrNO2. The molecule has 0 fully saturated rings. The van der Waals surface area contributed by atoms with Gasteiger partial charge < -0.3 is 5.11 Å². The maximum absolute atomic E-state index is 11.0. The van der Waals surface area contributed by atoms with Gasteiger partial charge in [0.15, 0.2) is 0 Å². The quantitative estimate of drug-likeness (QED) is 0.916. The number of aromatic nitrogens is 1. The van der Waals surface area contributed by atoms with Crippen molar-refractivity contribution < 1.29 is 9.90 Å². The molecule has 0 bridgehead atoms. The van der Waals surface area contributed by atoms with Crippen molar-refractivity contribution in [1.29, 1.82) is 0 Å². The van der Waals surface area contributed by atoms with Gasteiger partial charge in [-0.2, -0.15) is 0 Å². The average Bonchev–Trinajstić information content (AvgIpc) is 2.15. The molecular weight excluding hydrogens is 258 g/mol. The molecule has 4 heteroatoms. The summed E-state index contributed by atoms with van der Waals surface area (Å²) < 4.78 is 0.905. The number of carboxylic acids is 1. The van der Waals surface area contributed by atoms with E-state index in [1.165, 1.54) is 0 Å². The first-order chi connectivity index (χ1) is 7.00. The Bertz CT molecular complexity index is 335. The summed E-state index contributed by atoms with van der Waals surface area (Å²) in [5.74, 6) is -0.999. The van der Waals surface area contributed by atoms with Crippen LogP contribution in [0.2, 0.25) is 0 Å². The lowest BCUT2D eigenvalue weighted by Gasteiger charge is -2.15. The van der Waals surface area contributed by atoms with Gasteiger partial charge in [-0.15, -0.1) is 0 Å². The predicted molar refractivity (Wildman–Crippen MR) is 61.6 cm³/mol. The van der Waals surface area contributed by atoms with E-state index >= 15 is 0 Å². The molecule has 0 aliphatic rings. The fourth-order valence-corrected chi connectivity index (χ4v) is 1.60. The van der Waals surface area contributed by atoms with Gasteiger partial charge >= 0.3 is 5.97 Å². The zero-order chi connectivity index (χ0) is 11.4. The number of hydrogen-bond donors (Lipinski definition) is 1. The standard InChI is InChI=1S/C11H14BrNO2/c1-7(2)10(11(14)15)5-9-4-3-8(12)6-13-9/h3-4,6-7,10H,5H2,1-2H3,(H,14,15). The molecule has 0 radical (unpaired) electrons. The average molecular weight is 272 g/mol. The Hall–Kier alpha value is -0.900. The molecule has 1 aromatic heterocycles. The third kappa shape index (κ3) is 3.63. The van der Waals surface area contributed by atoms with Crippen LogP contribution in [0.15, 0.2) is 22.8 Å². The maximum Gasteiger partial charge on any atom is 0.307 e. The Morgan fingerprint density at radius 1 is 1.53 bits per heavy atom. The summed E-state index contributed by atoms with van der Waals surface area (Å²) in [5.41, 5.74) is 0.819. The highest BCUT2D eigenvalue weighted by Crippen LogP contribution is 2.17. The molecule has 0 saturated carbocycles. The Balaban J connectivity index is 2.74. The van der Waals surface area contributed by atoms with Crippen molar-refractivity contribution in [3.8, 4) is 0 Å². The topological polar surface area (TPSA) is 50.2 Å². The molecule has 0 spiro atoms. The fourth-order valence-electron chi connectivity index (χ4n) is 1.36. The summed E-state index contributed by atoms with van der Waals surface area (Å²) in [5, 5.41) is 9.02. The van der Waals surface area contributed by atoms with Crippen molar-refractivity contribution in [2.75, 3.05) is 0 Å². The number of carboxylic acid groups (broad SMARTS) is 1. The van der Waals surface area contributed by atoms with E-state index in [0.717, 1.165) is 10.2 Å². The SMILES string of the molecule is CC(C)C(Cc1ccc(Br)cn1)C(=O)O. The molecule has 15 heavy (non-hydrogen) atoms. The van der Waals surface area contributed by atoms with Gasteiger partial charge in [0.2, 0.25) is 0 Å². The van der Waals surface area contributed by atoms with Crippen molar-refractivity contribution in [3.05, 3.63) is 28.5 Å². The second-order valence-corrected chi connectivity index (χ2v) is 4.78. The number of hydrogen-bond acceptors (Lipinski definition) is 2. The highest BCUT2D eigenvalue weighted by molar-refractivity contribution is 9.10. The van der Waals surface area contributed by atoms with E-state index in [1.807, 2.05) is 26.0 Å². The van der Waals surface area contributed by atoms with Gasteiger partial charge in [0.1, 0.15) is 0 Å². The van der Waals surface area contributed by atoms with E-state index in [4.69, 9.17) is 5.11 Å². The first kappa shape index (κ1) is 12.2. The zero-order valence-electron chi connectivity index (χ0n) is 8.77. The van der Waals surface area contributed by atoms with Crippen LogP contribution in [0, 0.1) is 11.8 Å². The molecule has 3 nitrogen and oxygen atoms in total. The largest absolute Gasteiger partial charge is 0.481 e. The van der Waals surface area contributed by atoms with Crippen molar-refractivity contribution in [3.63, 3.8) is 0 Å². The molecule has 1 unspecified atom stereocenters. The third-order valence-corrected chi connectivity index (χ3v) is 2.81. The normalized spacial score (nSPS) is 12.8. The van der Waals surface area contributed by atoms with Crippen molar-refractivity contribution >= 4 is 21.9 Å². The first-order valence-electron chi connectivity index (χ1n) is 4.84. The second kappa shape index (κ2) is 5.26. The van der Waals surface area contributed by atoms with Crippen LogP contribution < -0.4 is 0 Å². The van der Waals surface area contributed by atoms with Crippen molar-refractivity contribution in [2.24, 2.45) is 11.8 Å². The van der Waals surface area contributed by atoms with Crippen LogP contribution in [0.1, 0.15) is 19.5 Å². The summed E-state index contributed by atoms with van der Waals surface area (Å²) in [6.07, 6.45) is 2.18. The van der Waals surface area contributed by atoms with Gasteiger partial charge in [0.05, 0.1) is 5.92 Å². The minimum absolute atomic E-state index is 0.118. The molecule has 0 aromatic carbocycles. The Labute approximate surface area is 97.7 Å². The lowest BCUT2D eigenvalue weighted by molar-refractivity contribution is -0.143. The minimum Gasteiger partial charge on any atom is -0.481 e. The number of nitrogens with zero attached hydrogens (tertiary/aromatic N) is 1. The lowest BCUT2D eigenvalue weighted by atomic mass is 9.91. The predicted octanol–water partition coefficient (Wildman–Crippen LogP) is 2.74. The molecule has 1 N–H and O–H groups in total. The van der Waals surface area contributed by atoms with Crippen LogP contribution in [0.5, 0.6) is 0 Å². The molecule has 1 aromatic rings. The molecule has 82 valence electrons. The van der Waals surface area contributed by atoms with E-state index in [2.05, 4.69) is 20.9 Å². The second-order valence-electron chi connectivity index (χ2n) is 3.86. The maximum atomic E-state index is 11.0. The molecule has 1 atom stereocenters. The van der Waals surface area contributed by atoms with Gasteiger partial charge in [-0.25, -0.2) is 0 Å². The summed E-state index contributed by atoms with van der Waals surface area (Å²) in [6.45, 7) is 3.83. The zero-order valence-corrected chi connectivity index (χ0v) is 10.4. The summed E-state index contributed by atoms with van der Waals surface area (Å²) >= 11 is 3.29. The van der Waals surface area contributed by atoms with E-state index in [9.17, 15) is 4.79 Å². The van der Waals surface area contributed by atoms with Gasteiger partial charge in [-0.05, 0) is 34.0 Å². The number of halogens is 1. The summed E-state index contributed by atoms with van der Waals surface area (Å²) in [4.78, 5) is 15.1. The number of aliphatic carboxylic acids is 1. The molecule has 1 heterocycles. The van der Waals surface area contributed by atoms with E-state index < -0.39 is 5.97 Å². The summed E-state index contributed by atoms with van der Waals surface area (Å²) in [7, 11) is 0.